The van der Waals surface area contributed by atoms with Crippen molar-refractivity contribution in [3.8, 4) is 0 Å². The first kappa shape index (κ1) is 13.9. The molecular weight excluding hydrogens is 234 g/mol. The minimum Gasteiger partial charge on any atom is -0.459 e. The molecule has 94 valence electrons. The molecule has 0 aliphatic carbocycles. The van der Waals surface area contributed by atoms with Gasteiger partial charge in [-0.25, -0.2) is 0 Å². The number of carbonyl (C=O) groups excluding carboxylic acids is 1. The fraction of sp³-hybridized carbons (Fsp3) is 0.462. The number of carbonyl (C=O) groups is 1. The van der Waals surface area contributed by atoms with Crippen molar-refractivity contribution in [3.63, 3.8) is 0 Å². The standard InChI is InChI=1S/C13H19NO2S/c1-9-7-10(5-6-11(9)14)17-8-12(15)16-13(2,3)4/h5-7H,8,14H2,1-4H3. The van der Waals surface area contributed by atoms with Crippen LogP contribution in [0.15, 0.2) is 23.1 Å². The Labute approximate surface area is 107 Å². The van der Waals surface area contributed by atoms with Crippen LogP contribution in [-0.4, -0.2) is 17.3 Å². The number of aryl methyl sites for hydroxylation is 1. The third-order valence-electron chi connectivity index (χ3n) is 2.02. The van der Waals surface area contributed by atoms with Gasteiger partial charge in [0, 0.05) is 10.6 Å². The van der Waals surface area contributed by atoms with Gasteiger partial charge in [0.1, 0.15) is 5.60 Å². The van der Waals surface area contributed by atoms with E-state index in [4.69, 9.17) is 10.5 Å². The van der Waals surface area contributed by atoms with Gasteiger partial charge in [0.25, 0.3) is 0 Å². The smallest absolute Gasteiger partial charge is 0.316 e. The molecule has 1 rings (SSSR count). The average molecular weight is 253 g/mol. The van der Waals surface area contributed by atoms with Crippen LogP contribution in [0.4, 0.5) is 5.69 Å². The Morgan fingerprint density at radius 2 is 2.06 bits per heavy atom. The van der Waals surface area contributed by atoms with Crippen LogP contribution in [0.1, 0.15) is 26.3 Å². The van der Waals surface area contributed by atoms with Gasteiger partial charge in [-0.15, -0.1) is 11.8 Å². The summed E-state index contributed by atoms with van der Waals surface area (Å²) >= 11 is 1.46. The van der Waals surface area contributed by atoms with E-state index in [1.54, 1.807) is 0 Å². The van der Waals surface area contributed by atoms with Crippen LogP contribution in [0.2, 0.25) is 0 Å². The van der Waals surface area contributed by atoms with Crippen molar-refractivity contribution in [1.82, 2.24) is 0 Å². The van der Waals surface area contributed by atoms with E-state index in [1.165, 1.54) is 11.8 Å². The van der Waals surface area contributed by atoms with E-state index in [1.807, 2.05) is 45.9 Å². The molecule has 0 bridgehead atoms. The maximum atomic E-state index is 11.5. The molecule has 0 aliphatic heterocycles. The lowest BCUT2D eigenvalue weighted by Crippen LogP contribution is -2.24. The van der Waals surface area contributed by atoms with Crippen molar-refractivity contribution in [2.75, 3.05) is 11.5 Å². The maximum absolute atomic E-state index is 11.5. The highest BCUT2D eigenvalue weighted by Gasteiger charge is 2.16. The molecule has 0 amide bonds. The van der Waals surface area contributed by atoms with E-state index >= 15 is 0 Å². The Morgan fingerprint density at radius 1 is 1.41 bits per heavy atom. The molecule has 2 N–H and O–H groups in total. The van der Waals surface area contributed by atoms with Gasteiger partial charge in [-0.2, -0.15) is 0 Å². The summed E-state index contributed by atoms with van der Waals surface area (Å²) in [7, 11) is 0. The molecule has 1 aromatic carbocycles. The number of anilines is 1. The summed E-state index contributed by atoms with van der Waals surface area (Å²) < 4.78 is 5.23. The van der Waals surface area contributed by atoms with E-state index in [-0.39, 0.29) is 5.97 Å². The number of hydrogen-bond donors (Lipinski definition) is 1. The Bertz CT molecular complexity index is 410. The lowest BCUT2D eigenvalue weighted by atomic mass is 10.2. The van der Waals surface area contributed by atoms with E-state index in [2.05, 4.69) is 0 Å². The Morgan fingerprint density at radius 3 is 2.59 bits per heavy atom. The number of rotatable bonds is 3. The molecule has 0 fully saturated rings. The van der Waals surface area contributed by atoms with Gasteiger partial charge >= 0.3 is 5.97 Å². The van der Waals surface area contributed by atoms with Gasteiger partial charge in [0.2, 0.25) is 0 Å². The zero-order valence-corrected chi connectivity index (χ0v) is 11.6. The predicted octanol–water partition coefficient (Wildman–Crippen LogP) is 3.01. The molecule has 0 aliphatic rings. The number of esters is 1. The summed E-state index contributed by atoms with van der Waals surface area (Å²) in [5.41, 5.74) is 7.10. The fourth-order valence-corrected chi connectivity index (χ4v) is 2.02. The first-order valence-electron chi connectivity index (χ1n) is 5.49. The third-order valence-corrected chi connectivity index (χ3v) is 2.99. The van der Waals surface area contributed by atoms with Gasteiger partial charge < -0.3 is 10.5 Å². The van der Waals surface area contributed by atoms with E-state index < -0.39 is 5.60 Å². The molecule has 0 spiro atoms. The summed E-state index contributed by atoms with van der Waals surface area (Å²) in [5, 5.41) is 0. The van der Waals surface area contributed by atoms with Crippen LogP contribution >= 0.6 is 11.8 Å². The minimum atomic E-state index is -0.422. The summed E-state index contributed by atoms with van der Waals surface area (Å²) in [5.74, 6) is 0.123. The summed E-state index contributed by atoms with van der Waals surface area (Å²) in [6, 6.07) is 5.74. The number of thioether (sulfide) groups is 1. The highest BCUT2D eigenvalue weighted by Crippen LogP contribution is 2.23. The van der Waals surface area contributed by atoms with Crippen molar-refractivity contribution in [1.29, 1.82) is 0 Å². The molecule has 0 unspecified atom stereocenters. The molecule has 0 radical (unpaired) electrons. The first-order valence-corrected chi connectivity index (χ1v) is 6.47. The minimum absolute atomic E-state index is 0.197. The number of nitrogen functional groups attached to an aromatic ring is 1. The van der Waals surface area contributed by atoms with Crippen LogP contribution in [0.5, 0.6) is 0 Å². The van der Waals surface area contributed by atoms with Crippen molar-refractivity contribution in [3.05, 3.63) is 23.8 Å². The second-order valence-corrected chi connectivity index (χ2v) is 5.94. The molecule has 3 nitrogen and oxygen atoms in total. The Balaban J connectivity index is 2.50. The van der Waals surface area contributed by atoms with Crippen LogP contribution in [0.25, 0.3) is 0 Å². The average Bonchev–Trinajstić information content (AvgIpc) is 2.17. The topological polar surface area (TPSA) is 52.3 Å². The van der Waals surface area contributed by atoms with Crippen LogP contribution in [0, 0.1) is 6.92 Å². The van der Waals surface area contributed by atoms with Gasteiger partial charge in [-0.1, -0.05) is 0 Å². The second-order valence-electron chi connectivity index (χ2n) is 4.89. The summed E-state index contributed by atoms with van der Waals surface area (Å²) in [4.78, 5) is 12.5. The number of hydrogen-bond acceptors (Lipinski definition) is 4. The molecule has 0 saturated heterocycles. The zero-order chi connectivity index (χ0) is 13.1. The molecule has 0 aromatic heterocycles. The van der Waals surface area contributed by atoms with Crippen LogP contribution in [-0.2, 0) is 9.53 Å². The van der Waals surface area contributed by atoms with Gasteiger partial charge in [-0.3, -0.25) is 4.79 Å². The third kappa shape index (κ3) is 5.13. The molecule has 0 atom stereocenters. The van der Waals surface area contributed by atoms with Crippen molar-refractivity contribution < 1.29 is 9.53 Å². The lowest BCUT2D eigenvalue weighted by molar-refractivity contribution is -0.151. The molecular formula is C13H19NO2S. The summed E-state index contributed by atoms with van der Waals surface area (Å²) in [6.07, 6.45) is 0. The predicted molar refractivity (Wildman–Crippen MR) is 72.2 cm³/mol. The normalized spacial score (nSPS) is 11.3. The quantitative estimate of drug-likeness (QED) is 0.511. The van der Waals surface area contributed by atoms with Gasteiger partial charge in [0.05, 0.1) is 5.75 Å². The lowest BCUT2D eigenvalue weighted by Gasteiger charge is -2.19. The fourth-order valence-electron chi connectivity index (χ4n) is 1.25. The SMILES string of the molecule is Cc1cc(SCC(=O)OC(C)(C)C)ccc1N. The molecule has 0 heterocycles. The number of benzene rings is 1. The summed E-state index contributed by atoms with van der Waals surface area (Å²) in [6.45, 7) is 7.54. The molecule has 17 heavy (non-hydrogen) atoms. The van der Waals surface area contributed by atoms with Crippen LogP contribution in [0.3, 0.4) is 0 Å². The molecule has 1 aromatic rings. The second kappa shape index (κ2) is 5.45. The first-order chi connectivity index (χ1) is 7.78. The number of ether oxygens (including phenoxy) is 1. The largest absolute Gasteiger partial charge is 0.459 e. The van der Waals surface area contributed by atoms with E-state index in [0.717, 1.165) is 16.1 Å². The van der Waals surface area contributed by atoms with E-state index in [0.29, 0.717) is 5.75 Å². The van der Waals surface area contributed by atoms with E-state index in [9.17, 15) is 4.79 Å². The maximum Gasteiger partial charge on any atom is 0.316 e. The number of nitrogens with two attached hydrogens (primary N) is 1. The Kier molecular flexibility index (Phi) is 4.46. The highest BCUT2D eigenvalue weighted by atomic mass is 32.2. The van der Waals surface area contributed by atoms with Crippen molar-refractivity contribution >= 4 is 23.4 Å². The van der Waals surface area contributed by atoms with Crippen molar-refractivity contribution in [2.45, 2.75) is 38.2 Å². The monoisotopic (exact) mass is 253 g/mol. The Hall–Kier alpha value is -1.16. The van der Waals surface area contributed by atoms with Crippen LogP contribution < -0.4 is 5.73 Å². The highest BCUT2D eigenvalue weighted by molar-refractivity contribution is 8.00. The van der Waals surface area contributed by atoms with Crippen molar-refractivity contribution in [2.24, 2.45) is 0 Å². The van der Waals surface area contributed by atoms with Gasteiger partial charge in [-0.05, 0) is 51.5 Å². The van der Waals surface area contributed by atoms with Gasteiger partial charge in [0.15, 0.2) is 0 Å². The molecule has 0 saturated carbocycles. The molecule has 4 heteroatoms. The zero-order valence-electron chi connectivity index (χ0n) is 10.7.